The number of hydrogen-bond acceptors (Lipinski definition) is 1. The van der Waals surface area contributed by atoms with Gasteiger partial charge in [0.25, 0.3) is 0 Å². The summed E-state index contributed by atoms with van der Waals surface area (Å²) in [7, 11) is 2.14. The van der Waals surface area contributed by atoms with Crippen LogP contribution in [0.1, 0.15) is 24.0 Å². The Bertz CT molecular complexity index is 318. The Morgan fingerprint density at radius 2 is 1.93 bits per heavy atom. The molecule has 0 heterocycles. The Morgan fingerprint density at radius 3 is 2.53 bits per heavy atom. The van der Waals surface area contributed by atoms with Crippen molar-refractivity contribution in [2.75, 3.05) is 13.6 Å². The second kappa shape index (κ2) is 6.27. The molecule has 1 rings (SSSR count). The molecule has 0 fully saturated rings. The van der Waals surface area contributed by atoms with Crippen LogP contribution in [0.2, 0.25) is 0 Å². The highest BCUT2D eigenvalue weighted by atomic mass is 15.1. The summed E-state index contributed by atoms with van der Waals surface area (Å²) < 4.78 is 0. The van der Waals surface area contributed by atoms with Crippen molar-refractivity contribution >= 4 is 0 Å². The Morgan fingerprint density at radius 1 is 1.27 bits per heavy atom. The third-order valence-corrected chi connectivity index (χ3v) is 2.43. The molecule has 1 aromatic carbocycles. The summed E-state index contributed by atoms with van der Waals surface area (Å²) >= 11 is 0. The maximum atomic E-state index is 5.22. The van der Waals surface area contributed by atoms with Crippen LogP contribution in [0.3, 0.4) is 0 Å². The molecule has 0 bridgehead atoms. The quantitative estimate of drug-likeness (QED) is 0.523. The predicted octanol–water partition coefficient (Wildman–Crippen LogP) is 2.84. The average Bonchev–Trinajstić information content (AvgIpc) is 2.22. The fraction of sp³-hybridized carbons (Fsp3) is 0.429. The van der Waals surface area contributed by atoms with Crippen molar-refractivity contribution in [3.8, 4) is 12.3 Å². The van der Waals surface area contributed by atoms with Crippen LogP contribution in [-0.2, 0) is 6.54 Å². The molecule has 0 aliphatic heterocycles. The number of unbranched alkanes of at least 4 members (excludes halogenated alkanes) is 1. The van der Waals surface area contributed by atoms with Crippen molar-refractivity contribution in [2.24, 2.45) is 0 Å². The molecule has 0 aromatic heterocycles. The van der Waals surface area contributed by atoms with Crippen molar-refractivity contribution < 1.29 is 0 Å². The molecule has 0 amide bonds. The van der Waals surface area contributed by atoms with Crippen LogP contribution in [0.15, 0.2) is 24.3 Å². The molecule has 15 heavy (non-hydrogen) atoms. The molecule has 0 atom stereocenters. The molecule has 0 saturated carbocycles. The van der Waals surface area contributed by atoms with Gasteiger partial charge in [0.15, 0.2) is 0 Å². The second-order valence-electron chi connectivity index (χ2n) is 4.03. The SMILES string of the molecule is C#CCCCN(C)Cc1ccc(C)cc1. The molecule has 80 valence electrons. The zero-order valence-corrected chi connectivity index (χ0v) is 9.66. The number of benzene rings is 1. The van der Waals surface area contributed by atoms with E-state index in [4.69, 9.17) is 6.42 Å². The lowest BCUT2D eigenvalue weighted by atomic mass is 10.1. The van der Waals surface area contributed by atoms with Gasteiger partial charge in [-0.05, 0) is 32.5 Å². The van der Waals surface area contributed by atoms with Gasteiger partial charge in [-0.3, -0.25) is 0 Å². The number of terminal acetylenes is 1. The van der Waals surface area contributed by atoms with Crippen molar-refractivity contribution in [3.63, 3.8) is 0 Å². The first-order valence-corrected chi connectivity index (χ1v) is 5.40. The predicted molar refractivity (Wildman–Crippen MR) is 65.6 cm³/mol. The van der Waals surface area contributed by atoms with Crippen LogP contribution in [-0.4, -0.2) is 18.5 Å². The van der Waals surface area contributed by atoms with Gasteiger partial charge >= 0.3 is 0 Å². The first kappa shape index (κ1) is 11.8. The molecule has 0 saturated heterocycles. The van der Waals surface area contributed by atoms with Gasteiger partial charge < -0.3 is 4.90 Å². The Kier molecular flexibility index (Phi) is 4.93. The summed E-state index contributed by atoms with van der Waals surface area (Å²) in [6, 6.07) is 8.69. The Labute approximate surface area is 93.1 Å². The van der Waals surface area contributed by atoms with Crippen LogP contribution in [0.25, 0.3) is 0 Å². The lowest BCUT2D eigenvalue weighted by Crippen LogP contribution is -2.18. The van der Waals surface area contributed by atoms with Crippen LogP contribution >= 0.6 is 0 Å². The number of nitrogens with zero attached hydrogens (tertiary/aromatic N) is 1. The van der Waals surface area contributed by atoms with E-state index in [9.17, 15) is 0 Å². The third-order valence-electron chi connectivity index (χ3n) is 2.43. The summed E-state index contributed by atoms with van der Waals surface area (Å²) in [6.07, 6.45) is 7.17. The first-order valence-electron chi connectivity index (χ1n) is 5.40. The van der Waals surface area contributed by atoms with E-state index < -0.39 is 0 Å². The summed E-state index contributed by atoms with van der Waals surface area (Å²) in [5, 5.41) is 0. The van der Waals surface area contributed by atoms with Crippen molar-refractivity contribution in [1.29, 1.82) is 0 Å². The first-order chi connectivity index (χ1) is 7.22. The van der Waals surface area contributed by atoms with Gasteiger partial charge in [-0.25, -0.2) is 0 Å². The highest BCUT2D eigenvalue weighted by Gasteiger charge is 1.99. The van der Waals surface area contributed by atoms with Gasteiger partial charge in [0.05, 0.1) is 0 Å². The third kappa shape index (κ3) is 4.67. The Hall–Kier alpha value is -1.26. The van der Waals surface area contributed by atoms with Crippen LogP contribution < -0.4 is 0 Å². The minimum atomic E-state index is 0.873. The van der Waals surface area contributed by atoms with Gasteiger partial charge in [0.1, 0.15) is 0 Å². The van der Waals surface area contributed by atoms with Crippen LogP contribution in [0, 0.1) is 19.3 Å². The molecule has 0 radical (unpaired) electrons. The van der Waals surface area contributed by atoms with E-state index in [0.29, 0.717) is 0 Å². The Balaban J connectivity index is 2.34. The standard InChI is InChI=1S/C14H19N/c1-4-5-6-11-15(3)12-14-9-7-13(2)8-10-14/h1,7-10H,5-6,11-12H2,2-3H3. The highest BCUT2D eigenvalue weighted by molar-refractivity contribution is 5.21. The topological polar surface area (TPSA) is 3.24 Å². The van der Waals surface area contributed by atoms with Crippen molar-refractivity contribution in [1.82, 2.24) is 4.90 Å². The monoisotopic (exact) mass is 201 g/mol. The van der Waals surface area contributed by atoms with E-state index >= 15 is 0 Å². The van der Waals surface area contributed by atoms with E-state index in [1.165, 1.54) is 11.1 Å². The van der Waals surface area contributed by atoms with Gasteiger partial charge in [-0.1, -0.05) is 29.8 Å². The minimum Gasteiger partial charge on any atom is -0.302 e. The maximum Gasteiger partial charge on any atom is 0.0230 e. The summed E-state index contributed by atoms with van der Waals surface area (Å²) in [4.78, 5) is 2.31. The molecule has 0 N–H and O–H groups in total. The smallest absolute Gasteiger partial charge is 0.0230 e. The van der Waals surface area contributed by atoms with Gasteiger partial charge in [0.2, 0.25) is 0 Å². The van der Waals surface area contributed by atoms with E-state index in [-0.39, 0.29) is 0 Å². The van der Waals surface area contributed by atoms with E-state index in [0.717, 1.165) is 25.9 Å². The second-order valence-corrected chi connectivity index (χ2v) is 4.03. The summed E-state index contributed by atoms with van der Waals surface area (Å²) in [5.74, 6) is 2.67. The largest absolute Gasteiger partial charge is 0.302 e. The zero-order valence-electron chi connectivity index (χ0n) is 9.66. The van der Waals surface area contributed by atoms with Gasteiger partial charge in [-0.15, -0.1) is 12.3 Å². The lowest BCUT2D eigenvalue weighted by Gasteiger charge is -2.15. The maximum absolute atomic E-state index is 5.22. The molecular formula is C14H19N. The molecule has 0 spiro atoms. The number of aryl methyl sites for hydroxylation is 1. The number of rotatable bonds is 5. The van der Waals surface area contributed by atoms with E-state index in [1.54, 1.807) is 0 Å². The normalized spacial score (nSPS) is 10.3. The minimum absolute atomic E-state index is 0.873. The molecule has 1 heteroatoms. The fourth-order valence-corrected chi connectivity index (χ4v) is 1.54. The summed E-state index contributed by atoms with van der Waals surface area (Å²) in [5.41, 5.74) is 2.68. The van der Waals surface area contributed by atoms with Crippen LogP contribution in [0.5, 0.6) is 0 Å². The van der Waals surface area contributed by atoms with Gasteiger partial charge in [-0.2, -0.15) is 0 Å². The van der Waals surface area contributed by atoms with Crippen molar-refractivity contribution in [2.45, 2.75) is 26.3 Å². The molecule has 1 nitrogen and oxygen atoms in total. The summed E-state index contributed by atoms with van der Waals surface area (Å²) in [6.45, 7) is 4.18. The highest BCUT2D eigenvalue weighted by Crippen LogP contribution is 2.06. The zero-order chi connectivity index (χ0) is 11.1. The van der Waals surface area contributed by atoms with E-state index in [2.05, 4.69) is 49.1 Å². The molecule has 0 aliphatic carbocycles. The molecule has 0 unspecified atom stereocenters. The fourth-order valence-electron chi connectivity index (χ4n) is 1.54. The number of hydrogen-bond donors (Lipinski definition) is 0. The van der Waals surface area contributed by atoms with Crippen molar-refractivity contribution in [3.05, 3.63) is 35.4 Å². The molecule has 0 aliphatic rings. The lowest BCUT2D eigenvalue weighted by molar-refractivity contribution is 0.324. The van der Waals surface area contributed by atoms with Crippen LogP contribution in [0.4, 0.5) is 0 Å². The van der Waals surface area contributed by atoms with E-state index in [1.807, 2.05) is 0 Å². The molecule has 1 aromatic rings. The average molecular weight is 201 g/mol. The van der Waals surface area contributed by atoms with Gasteiger partial charge in [0, 0.05) is 13.0 Å². The molecular weight excluding hydrogens is 182 g/mol.